The van der Waals surface area contributed by atoms with Crippen LogP contribution in [0.4, 0.5) is 0 Å². The molecule has 0 saturated heterocycles. The molecule has 0 unspecified atom stereocenters. The van der Waals surface area contributed by atoms with Gasteiger partial charge in [-0.05, 0) is 44.0 Å². The lowest BCUT2D eigenvalue weighted by molar-refractivity contribution is -0.132. The van der Waals surface area contributed by atoms with Crippen molar-refractivity contribution < 1.29 is 13.6 Å². The molecule has 0 radical (unpaired) electrons. The SMILES string of the molecule is Cc1nn(CC(C)C)c(C)c1CC(=O)N(Cc1ccco1)Cc1ccco1. The van der Waals surface area contributed by atoms with Gasteiger partial charge in [-0.2, -0.15) is 5.10 Å². The van der Waals surface area contributed by atoms with E-state index in [1.165, 1.54) is 0 Å². The number of carbonyl (C=O) groups excluding carboxylic acids is 1. The van der Waals surface area contributed by atoms with Crippen molar-refractivity contribution in [2.75, 3.05) is 0 Å². The third-order valence-electron chi connectivity index (χ3n) is 4.60. The summed E-state index contributed by atoms with van der Waals surface area (Å²) in [5, 5.41) is 4.62. The van der Waals surface area contributed by atoms with Crippen LogP contribution in [0.5, 0.6) is 0 Å². The fourth-order valence-corrected chi connectivity index (χ4v) is 3.19. The molecule has 0 saturated carbocycles. The van der Waals surface area contributed by atoms with Gasteiger partial charge in [0.15, 0.2) is 0 Å². The number of rotatable bonds is 8. The summed E-state index contributed by atoms with van der Waals surface area (Å²) in [7, 11) is 0. The number of carbonyl (C=O) groups is 1. The maximum Gasteiger partial charge on any atom is 0.227 e. The summed E-state index contributed by atoms with van der Waals surface area (Å²) in [6.07, 6.45) is 3.56. The van der Waals surface area contributed by atoms with Crippen molar-refractivity contribution in [2.45, 2.75) is 53.8 Å². The van der Waals surface area contributed by atoms with Crippen molar-refractivity contribution in [1.29, 1.82) is 0 Å². The Morgan fingerprint density at radius 1 is 1.11 bits per heavy atom. The second-order valence-electron chi connectivity index (χ2n) is 7.31. The van der Waals surface area contributed by atoms with Gasteiger partial charge >= 0.3 is 0 Å². The van der Waals surface area contributed by atoms with Gasteiger partial charge in [0.2, 0.25) is 5.91 Å². The number of hydrogen-bond acceptors (Lipinski definition) is 4. The summed E-state index contributed by atoms with van der Waals surface area (Å²) < 4.78 is 12.9. The van der Waals surface area contributed by atoms with Crippen LogP contribution >= 0.6 is 0 Å². The molecule has 3 aromatic heterocycles. The number of amides is 1. The molecule has 144 valence electrons. The monoisotopic (exact) mass is 369 g/mol. The standard InChI is InChI=1S/C21H27N3O3/c1-15(2)12-24-17(4)20(16(3)22-24)11-21(25)23(13-18-7-5-9-26-18)14-19-8-6-10-27-19/h5-10,15H,11-14H2,1-4H3. The second kappa shape index (κ2) is 8.29. The van der Waals surface area contributed by atoms with E-state index >= 15 is 0 Å². The molecule has 0 aromatic carbocycles. The van der Waals surface area contributed by atoms with Gasteiger partial charge in [0.05, 0.1) is 37.7 Å². The highest BCUT2D eigenvalue weighted by atomic mass is 16.3. The first-order chi connectivity index (χ1) is 12.9. The fraction of sp³-hybridized carbons (Fsp3) is 0.429. The first-order valence-electron chi connectivity index (χ1n) is 9.29. The van der Waals surface area contributed by atoms with Crippen molar-refractivity contribution in [1.82, 2.24) is 14.7 Å². The predicted molar refractivity (Wildman–Crippen MR) is 102 cm³/mol. The van der Waals surface area contributed by atoms with E-state index in [-0.39, 0.29) is 5.91 Å². The second-order valence-corrected chi connectivity index (χ2v) is 7.31. The van der Waals surface area contributed by atoms with Gasteiger partial charge in [-0.1, -0.05) is 13.8 Å². The summed E-state index contributed by atoms with van der Waals surface area (Å²) in [6.45, 7) is 9.99. The van der Waals surface area contributed by atoms with Crippen LogP contribution in [0.1, 0.15) is 42.3 Å². The van der Waals surface area contributed by atoms with Gasteiger partial charge in [0, 0.05) is 17.8 Å². The molecule has 0 fully saturated rings. The quantitative estimate of drug-likeness (QED) is 0.599. The zero-order chi connectivity index (χ0) is 19.4. The van der Waals surface area contributed by atoms with E-state index in [1.54, 1.807) is 17.4 Å². The molecule has 0 spiro atoms. The smallest absolute Gasteiger partial charge is 0.227 e. The van der Waals surface area contributed by atoms with Crippen LogP contribution in [0.2, 0.25) is 0 Å². The molecule has 6 nitrogen and oxygen atoms in total. The number of nitrogens with zero attached hydrogens (tertiary/aromatic N) is 3. The van der Waals surface area contributed by atoms with Crippen LogP contribution in [-0.4, -0.2) is 20.6 Å². The van der Waals surface area contributed by atoms with Crippen molar-refractivity contribution in [3.63, 3.8) is 0 Å². The van der Waals surface area contributed by atoms with Crippen LogP contribution in [0.3, 0.4) is 0 Å². The third kappa shape index (κ3) is 4.70. The minimum atomic E-state index is 0.0260. The van der Waals surface area contributed by atoms with E-state index in [2.05, 4.69) is 18.9 Å². The fourth-order valence-electron chi connectivity index (χ4n) is 3.19. The molecular weight excluding hydrogens is 342 g/mol. The van der Waals surface area contributed by atoms with Gasteiger partial charge in [0.1, 0.15) is 11.5 Å². The normalized spacial score (nSPS) is 11.3. The topological polar surface area (TPSA) is 64.4 Å². The molecule has 0 bridgehead atoms. The van der Waals surface area contributed by atoms with Crippen LogP contribution in [0.25, 0.3) is 0 Å². The molecule has 0 N–H and O–H groups in total. The van der Waals surface area contributed by atoms with Gasteiger partial charge in [-0.15, -0.1) is 0 Å². The lowest BCUT2D eigenvalue weighted by Crippen LogP contribution is -2.31. The van der Waals surface area contributed by atoms with Crippen LogP contribution < -0.4 is 0 Å². The van der Waals surface area contributed by atoms with E-state index in [1.807, 2.05) is 42.8 Å². The molecule has 3 rings (SSSR count). The van der Waals surface area contributed by atoms with E-state index in [0.717, 1.165) is 35.0 Å². The Morgan fingerprint density at radius 3 is 2.19 bits per heavy atom. The first-order valence-corrected chi connectivity index (χ1v) is 9.29. The lowest BCUT2D eigenvalue weighted by Gasteiger charge is -2.21. The Hall–Kier alpha value is -2.76. The minimum absolute atomic E-state index is 0.0260. The van der Waals surface area contributed by atoms with Gasteiger partial charge in [-0.3, -0.25) is 9.48 Å². The highest BCUT2D eigenvalue weighted by molar-refractivity contribution is 5.79. The summed E-state index contributed by atoms with van der Waals surface area (Å²) in [5.41, 5.74) is 2.98. The Kier molecular flexibility index (Phi) is 5.84. The molecule has 3 aromatic rings. The Labute approximate surface area is 159 Å². The average molecular weight is 369 g/mol. The maximum atomic E-state index is 13.1. The molecule has 6 heteroatoms. The zero-order valence-corrected chi connectivity index (χ0v) is 16.4. The number of aryl methyl sites for hydroxylation is 1. The van der Waals surface area contributed by atoms with Gasteiger partial charge in [0.25, 0.3) is 0 Å². The van der Waals surface area contributed by atoms with E-state index in [4.69, 9.17) is 8.83 Å². The van der Waals surface area contributed by atoms with Gasteiger partial charge in [-0.25, -0.2) is 0 Å². The van der Waals surface area contributed by atoms with Crippen molar-refractivity contribution in [2.24, 2.45) is 5.92 Å². The largest absolute Gasteiger partial charge is 0.467 e. The molecule has 0 aliphatic rings. The van der Waals surface area contributed by atoms with Crippen LogP contribution in [-0.2, 0) is 30.8 Å². The molecule has 3 heterocycles. The molecule has 0 aliphatic carbocycles. The van der Waals surface area contributed by atoms with Gasteiger partial charge < -0.3 is 13.7 Å². The minimum Gasteiger partial charge on any atom is -0.467 e. The Bertz CT molecular complexity index is 825. The number of aromatic nitrogens is 2. The highest BCUT2D eigenvalue weighted by Crippen LogP contribution is 2.18. The average Bonchev–Trinajstić information content (AvgIpc) is 3.34. The third-order valence-corrected chi connectivity index (χ3v) is 4.60. The Morgan fingerprint density at radius 2 is 1.70 bits per heavy atom. The maximum absolute atomic E-state index is 13.1. The zero-order valence-electron chi connectivity index (χ0n) is 16.4. The Balaban J connectivity index is 1.78. The molecule has 0 atom stereocenters. The van der Waals surface area contributed by atoms with E-state index in [0.29, 0.717) is 25.4 Å². The van der Waals surface area contributed by atoms with Crippen molar-refractivity contribution >= 4 is 5.91 Å². The predicted octanol–water partition coefficient (Wildman–Crippen LogP) is 4.11. The first kappa shape index (κ1) is 19.0. The summed E-state index contributed by atoms with van der Waals surface area (Å²) in [4.78, 5) is 14.9. The van der Waals surface area contributed by atoms with E-state index < -0.39 is 0 Å². The van der Waals surface area contributed by atoms with Crippen molar-refractivity contribution in [3.8, 4) is 0 Å². The summed E-state index contributed by atoms with van der Waals surface area (Å²) >= 11 is 0. The summed E-state index contributed by atoms with van der Waals surface area (Å²) in [6, 6.07) is 7.41. The van der Waals surface area contributed by atoms with Crippen LogP contribution in [0.15, 0.2) is 45.6 Å². The van der Waals surface area contributed by atoms with Crippen LogP contribution in [0, 0.1) is 19.8 Å². The van der Waals surface area contributed by atoms with Crippen molar-refractivity contribution in [3.05, 3.63) is 65.3 Å². The molecular formula is C21H27N3O3. The lowest BCUT2D eigenvalue weighted by atomic mass is 10.1. The number of hydrogen-bond donors (Lipinski definition) is 0. The number of furan rings is 2. The van der Waals surface area contributed by atoms with E-state index in [9.17, 15) is 4.79 Å². The molecule has 0 aliphatic heterocycles. The molecule has 27 heavy (non-hydrogen) atoms. The highest BCUT2D eigenvalue weighted by Gasteiger charge is 2.21. The molecule has 1 amide bonds. The summed E-state index contributed by atoms with van der Waals surface area (Å²) in [5.74, 6) is 2.02.